The summed E-state index contributed by atoms with van der Waals surface area (Å²) in [6.07, 6.45) is 4.89. The smallest absolute Gasteiger partial charge is 0.408 e. The molecule has 1 unspecified atom stereocenters. The predicted molar refractivity (Wildman–Crippen MR) is 138 cm³/mol. The van der Waals surface area contributed by atoms with Gasteiger partial charge in [0, 0.05) is 11.7 Å². The molecule has 0 spiro atoms. The van der Waals surface area contributed by atoms with Crippen LogP contribution in [-0.4, -0.2) is 40.1 Å². The summed E-state index contributed by atoms with van der Waals surface area (Å²) in [6, 6.07) is 18.7. The molecule has 0 saturated heterocycles. The van der Waals surface area contributed by atoms with Gasteiger partial charge < -0.3 is 20.5 Å². The van der Waals surface area contributed by atoms with Crippen LogP contribution in [0, 0.1) is 19.4 Å². The van der Waals surface area contributed by atoms with E-state index in [9.17, 15) is 19.5 Å². The van der Waals surface area contributed by atoms with Crippen molar-refractivity contribution >= 4 is 34.4 Å². The molecule has 8 heteroatoms. The quantitative estimate of drug-likeness (QED) is 0.351. The van der Waals surface area contributed by atoms with Gasteiger partial charge in [0.1, 0.15) is 23.9 Å². The second kappa shape index (κ2) is 10.8. The monoisotopic (exact) mass is 487 g/mol. The van der Waals surface area contributed by atoms with Crippen LogP contribution in [-0.2, 0) is 14.3 Å². The first-order valence-corrected chi connectivity index (χ1v) is 11.3. The summed E-state index contributed by atoms with van der Waals surface area (Å²) in [5.41, 5.74) is 0.681. The minimum Gasteiger partial charge on any atom is -0.508 e. The molecule has 36 heavy (non-hydrogen) atoms. The van der Waals surface area contributed by atoms with Crippen LogP contribution in [0.1, 0.15) is 37.9 Å². The number of phenols is 1. The van der Waals surface area contributed by atoms with E-state index in [4.69, 9.17) is 11.2 Å². The third-order valence-electron chi connectivity index (χ3n) is 5.25. The van der Waals surface area contributed by atoms with Gasteiger partial charge in [0.2, 0.25) is 0 Å². The predicted octanol–water partition coefficient (Wildman–Crippen LogP) is 4.48. The van der Waals surface area contributed by atoms with Crippen LogP contribution in [0.5, 0.6) is 5.75 Å². The summed E-state index contributed by atoms with van der Waals surface area (Å²) < 4.78 is 5.16. The highest BCUT2D eigenvalue weighted by Crippen LogP contribution is 2.28. The van der Waals surface area contributed by atoms with Crippen molar-refractivity contribution in [2.75, 3.05) is 11.9 Å². The molecule has 0 bridgehead atoms. The van der Waals surface area contributed by atoms with Crippen LogP contribution in [0.4, 0.5) is 10.5 Å². The van der Waals surface area contributed by atoms with E-state index in [0.717, 1.165) is 15.7 Å². The molecule has 0 aromatic heterocycles. The Morgan fingerprint density at radius 3 is 2.39 bits per heavy atom. The second-order valence-corrected chi connectivity index (χ2v) is 9.25. The molecule has 0 aliphatic carbocycles. The number of terminal acetylenes is 1. The van der Waals surface area contributed by atoms with Crippen LogP contribution in [0.2, 0.25) is 0 Å². The minimum atomic E-state index is -1.23. The fourth-order valence-electron chi connectivity index (χ4n) is 3.58. The lowest BCUT2D eigenvalue weighted by Crippen LogP contribution is -2.44. The second-order valence-electron chi connectivity index (χ2n) is 9.25. The zero-order valence-electron chi connectivity index (χ0n) is 20.7. The molecule has 3 aromatic rings. The average molecular weight is 488 g/mol. The highest BCUT2D eigenvalue weighted by Gasteiger charge is 2.32. The topological polar surface area (TPSA) is 108 Å². The summed E-state index contributed by atoms with van der Waals surface area (Å²) in [7, 11) is 0. The Kier molecular flexibility index (Phi) is 7.85. The number of phenolic OH excluding ortho intramolecular Hbond substituents is 1. The zero-order chi connectivity index (χ0) is 26.5. The molecule has 0 fully saturated rings. The Labute approximate surface area is 210 Å². The molecular formula is C28H29N3O5. The van der Waals surface area contributed by atoms with Gasteiger partial charge in [-0.05, 0) is 73.9 Å². The Hall–Kier alpha value is -4.51. The van der Waals surface area contributed by atoms with Gasteiger partial charge in [0.25, 0.3) is 11.8 Å². The summed E-state index contributed by atoms with van der Waals surface area (Å²) in [6.45, 7) is 6.28. The number of hydrogen-bond donors (Lipinski definition) is 3. The van der Waals surface area contributed by atoms with Gasteiger partial charge in [-0.3, -0.25) is 14.5 Å². The van der Waals surface area contributed by atoms with Crippen LogP contribution in [0.3, 0.4) is 0 Å². The molecule has 0 aliphatic rings. The summed E-state index contributed by atoms with van der Waals surface area (Å²) >= 11 is 0. The Morgan fingerprint density at radius 1 is 1.06 bits per heavy atom. The number of benzene rings is 3. The fourth-order valence-corrected chi connectivity index (χ4v) is 3.58. The maximum Gasteiger partial charge on any atom is 0.408 e. The van der Waals surface area contributed by atoms with E-state index in [1.54, 1.807) is 39.8 Å². The highest BCUT2D eigenvalue weighted by atomic mass is 16.6. The number of ether oxygens (including phenoxy) is 1. The SMILES string of the molecule is C#CN(C(=O)CNC(=O)OC(C)(C)C)C(C(=O)Nc1ccc2ccccc2c1)c1ccc(O)c(C)c1. The lowest BCUT2D eigenvalue weighted by molar-refractivity contribution is -0.134. The van der Waals surface area contributed by atoms with Crippen molar-refractivity contribution in [3.8, 4) is 18.2 Å². The van der Waals surface area contributed by atoms with Crippen LogP contribution >= 0.6 is 0 Å². The van der Waals surface area contributed by atoms with Crippen molar-refractivity contribution in [2.45, 2.75) is 39.3 Å². The number of nitrogens with one attached hydrogen (secondary N) is 2. The van der Waals surface area contributed by atoms with Crippen molar-refractivity contribution in [1.29, 1.82) is 0 Å². The van der Waals surface area contributed by atoms with Crippen molar-refractivity contribution in [3.63, 3.8) is 0 Å². The van der Waals surface area contributed by atoms with Crippen molar-refractivity contribution in [1.82, 2.24) is 10.2 Å². The molecule has 0 heterocycles. The van der Waals surface area contributed by atoms with E-state index in [-0.39, 0.29) is 5.75 Å². The number of amides is 3. The number of fused-ring (bicyclic) bond motifs is 1. The summed E-state index contributed by atoms with van der Waals surface area (Å²) in [5, 5.41) is 17.1. The average Bonchev–Trinajstić information content (AvgIpc) is 2.81. The Balaban J connectivity index is 1.89. The molecule has 0 radical (unpaired) electrons. The molecule has 3 N–H and O–H groups in total. The molecule has 186 valence electrons. The van der Waals surface area contributed by atoms with Crippen molar-refractivity contribution in [2.24, 2.45) is 0 Å². The van der Waals surface area contributed by atoms with Crippen LogP contribution < -0.4 is 10.6 Å². The van der Waals surface area contributed by atoms with E-state index < -0.39 is 36.1 Å². The Bertz CT molecular complexity index is 1340. The largest absolute Gasteiger partial charge is 0.508 e. The van der Waals surface area contributed by atoms with E-state index >= 15 is 0 Å². The number of rotatable bonds is 6. The van der Waals surface area contributed by atoms with Gasteiger partial charge in [-0.15, -0.1) is 0 Å². The number of carbonyl (C=O) groups is 3. The molecule has 3 rings (SSSR count). The van der Waals surface area contributed by atoms with E-state index in [1.807, 2.05) is 36.4 Å². The van der Waals surface area contributed by atoms with E-state index in [1.165, 1.54) is 12.1 Å². The van der Waals surface area contributed by atoms with Crippen LogP contribution in [0.25, 0.3) is 10.8 Å². The first-order valence-electron chi connectivity index (χ1n) is 11.3. The standard InChI is InChI=1S/C28H29N3O5/c1-6-31(24(33)17-29-27(35)36-28(3,4)5)25(21-12-14-23(32)18(2)15-21)26(34)30-22-13-11-19-9-7-8-10-20(19)16-22/h1,7-16,25,32H,17H2,2-5H3,(H,29,35)(H,30,34). The lowest BCUT2D eigenvalue weighted by atomic mass is 10.0. The maximum absolute atomic E-state index is 13.5. The summed E-state index contributed by atoms with van der Waals surface area (Å²) in [5.74, 6) is -1.20. The highest BCUT2D eigenvalue weighted by molar-refractivity contribution is 6.00. The first kappa shape index (κ1) is 26.1. The van der Waals surface area contributed by atoms with Gasteiger partial charge >= 0.3 is 6.09 Å². The lowest BCUT2D eigenvalue weighted by Gasteiger charge is -2.27. The number of aryl methyl sites for hydroxylation is 1. The normalized spacial score (nSPS) is 11.8. The first-order chi connectivity index (χ1) is 17.0. The minimum absolute atomic E-state index is 0.0395. The van der Waals surface area contributed by atoms with Gasteiger partial charge in [0.05, 0.1) is 0 Å². The number of nitrogens with zero attached hydrogens (tertiary/aromatic N) is 1. The van der Waals surface area contributed by atoms with Gasteiger partial charge in [-0.2, -0.15) is 0 Å². The van der Waals surface area contributed by atoms with Gasteiger partial charge in [-0.25, -0.2) is 4.79 Å². The van der Waals surface area contributed by atoms with Crippen LogP contribution in [0.15, 0.2) is 60.7 Å². The van der Waals surface area contributed by atoms with Crippen molar-refractivity contribution < 1.29 is 24.2 Å². The number of carbonyl (C=O) groups excluding carboxylic acids is 3. The van der Waals surface area contributed by atoms with Gasteiger partial charge in [-0.1, -0.05) is 42.8 Å². The number of alkyl carbamates (subject to hydrolysis) is 1. The fraction of sp³-hybridized carbons (Fsp3) is 0.250. The molecule has 3 aromatic carbocycles. The Morgan fingerprint density at radius 2 is 1.75 bits per heavy atom. The number of aromatic hydroxyl groups is 1. The number of anilines is 1. The summed E-state index contributed by atoms with van der Waals surface area (Å²) in [4.78, 5) is 39.5. The third kappa shape index (κ3) is 6.54. The van der Waals surface area contributed by atoms with E-state index in [2.05, 4.69) is 16.7 Å². The molecule has 1 atom stereocenters. The van der Waals surface area contributed by atoms with Crippen molar-refractivity contribution in [3.05, 3.63) is 71.8 Å². The van der Waals surface area contributed by atoms with E-state index in [0.29, 0.717) is 16.8 Å². The molecule has 0 aliphatic heterocycles. The molecule has 0 saturated carbocycles. The molecule has 8 nitrogen and oxygen atoms in total. The zero-order valence-corrected chi connectivity index (χ0v) is 20.7. The number of hydrogen-bond acceptors (Lipinski definition) is 5. The molecular weight excluding hydrogens is 458 g/mol. The maximum atomic E-state index is 13.5. The van der Waals surface area contributed by atoms with Gasteiger partial charge in [0.15, 0.2) is 0 Å². The molecule has 3 amide bonds. The third-order valence-corrected chi connectivity index (χ3v) is 5.25.